The molecule has 2 saturated heterocycles. The monoisotopic (exact) mass is 379 g/mol. The number of aromatic nitrogens is 1. The quantitative estimate of drug-likeness (QED) is 0.392. The summed E-state index contributed by atoms with van der Waals surface area (Å²) in [6, 6.07) is 1.93. The van der Waals surface area contributed by atoms with Gasteiger partial charge in [-0.2, -0.15) is 0 Å². The molecule has 1 aromatic rings. The van der Waals surface area contributed by atoms with Crippen LogP contribution >= 0.6 is 0 Å². The molecule has 0 amide bonds. The minimum atomic E-state index is 0.583. The fourth-order valence-corrected chi connectivity index (χ4v) is 3.41. The van der Waals surface area contributed by atoms with Crippen LogP contribution in [-0.4, -0.2) is 86.6 Å². The Balaban J connectivity index is 1.34. The van der Waals surface area contributed by atoms with Crippen molar-refractivity contribution < 1.29 is 14.0 Å². The van der Waals surface area contributed by atoms with E-state index < -0.39 is 0 Å². The average molecular weight is 380 g/mol. The largest absolute Gasteiger partial charge is 0.381 e. The number of piperazine rings is 1. The van der Waals surface area contributed by atoms with Gasteiger partial charge in [0.05, 0.1) is 18.9 Å². The van der Waals surface area contributed by atoms with Gasteiger partial charge >= 0.3 is 0 Å². The van der Waals surface area contributed by atoms with Crippen molar-refractivity contribution in [3.63, 3.8) is 0 Å². The van der Waals surface area contributed by atoms with Gasteiger partial charge in [0.15, 0.2) is 5.96 Å². The predicted molar refractivity (Wildman–Crippen MR) is 104 cm³/mol. The van der Waals surface area contributed by atoms with Gasteiger partial charge < -0.3 is 24.2 Å². The van der Waals surface area contributed by atoms with E-state index in [9.17, 15) is 0 Å². The molecule has 0 saturated carbocycles. The van der Waals surface area contributed by atoms with Crippen LogP contribution in [0.25, 0.3) is 0 Å². The van der Waals surface area contributed by atoms with Crippen LogP contribution in [-0.2, 0) is 16.0 Å². The third-order valence-corrected chi connectivity index (χ3v) is 4.97. The molecule has 0 aliphatic carbocycles. The zero-order valence-electron chi connectivity index (χ0n) is 16.4. The van der Waals surface area contributed by atoms with Gasteiger partial charge in [0.25, 0.3) is 0 Å². The average Bonchev–Trinajstić information content (AvgIpc) is 3.38. The Hall–Kier alpha value is -1.64. The lowest BCUT2D eigenvalue weighted by molar-refractivity contribution is 0.0892. The maximum Gasteiger partial charge on any atom is 0.194 e. The number of rotatable bonds is 9. The molecule has 2 aliphatic heterocycles. The van der Waals surface area contributed by atoms with Crippen molar-refractivity contribution >= 4 is 5.96 Å². The number of ether oxygens (including phenoxy) is 2. The van der Waals surface area contributed by atoms with Gasteiger partial charge in [0.2, 0.25) is 0 Å². The van der Waals surface area contributed by atoms with Crippen molar-refractivity contribution in [3.8, 4) is 0 Å². The maximum atomic E-state index is 5.77. The van der Waals surface area contributed by atoms with Crippen LogP contribution in [0.3, 0.4) is 0 Å². The van der Waals surface area contributed by atoms with Gasteiger partial charge in [0, 0.05) is 71.0 Å². The Morgan fingerprint density at radius 2 is 2.26 bits per heavy atom. The number of nitrogens with zero attached hydrogens (tertiary/aromatic N) is 4. The summed E-state index contributed by atoms with van der Waals surface area (Å²) in [5.74, 6) is 1.60. The highest BCUT2D eigenvalue weighted by Gasteiger charge is 2.20. The summed E-state index contributed by atoms with van der Waals surface area (Å²) >= 11 is 0. The van der Waals surface area contributed by atoms with Crippen molar-refractivity contribution in [2.24, 2.45) is 10.9 Å². The molecule has 0 radical (unpaired) electrons. The smallest absolute Gasteiger partial charge is 0.194 e. The number of guanidine groups is 1. The second-order valence-corrected chi connectivity index (χ2v) is 7.15. The predicted octanol–water partition coefficient (Wildman–Crippen LogP) is 1.20. The van der Waals surface area contributed by atoms with Gasteiger partial charge in [-0.3, -0.25) is 9.89 Å². The molecule has 1 N–H and O–H groups in total. The Bertz CT molecular complexity index is 538. The SMILES string of the molecule is CCNC(=NCCCOCC1CCOC1)N1CCN(Cc2ccon2)CC1. The Labute approximate surface area is 161 Å². The van der Waals surface area contributed by atoms with Gasteiger partial charge in [-0.05, 0) is 19.8 Å². The minimum absolute atomic E-state index is 0.583. The second-order valence-electron chi connectivity index (χ2n) is 7.15. The van der Waals surface area contributed by atoms with Crippen molar-refractivity contribution in [1.82, 2.24) is 20.3 Å². The summed E-state index contributed by atoms with van der Waals surface area (Å²) in [7, 11) is 0. The lowest BCUT2D eigenvalue weighted by atomic mass is 10.1. The van der Waals surface area contributed by atoms with Crippen LogP contribution in [0, 0.1) is 5.92 Å². The molecule has 1 aromatic heterocycles. The van der Waals surface area contributed by atoms with Gasteiger partial charge in [-0.1, -0.05) is 5.16 Å². The Kier molecular flexibility index (Phi) is 8.38. The van der Waals surface area contributed by atoms with E-state index in [1.807, 2.05) is 6.07 Å². The van der Waals surface area contributed by atoms with Crippen LogP contribution < -0.4 is 5.32 Å². The highest BCUT2D eigenvalue weighted by atomic mass is 16.5. The lowest BCUT2D eigenvalue weighted by Crippen LogP contribution is -2.52. The van der Waals surface area contributed by atoms with E-state index in [0.717, 1.165) is 96.7 Å². The van der Waals surface area contributed by atoms with Crippen LogP contribution in [0.15, 0.2) is 21.8 Å². The maximum absolute atomic E-state index is 5.77. The first kappa shape index (κ1) is 20.1. The van der Waals surface area contributed by atoms with E-state index in [1.165, 1.54) is 0 Å². The third-order valence-electron chi connectivity index (χ3n) is 4.97. The summed E-state index contributed by atoms with van der Waals surface area (Å²) in [6.07, 6.45) is 3.72. The summed E-state index contributed by atoms with van der Waals surface area (Å²) < 4.78 is 16.1. The lowest BCUT2D eigenvalue weighted by Gasteiger charge is -2.36. The molecule has 3 heterocycles. The Morgan fingerprint density at radius 3 is 2.96 bits per heavy atom. The van der Waals surface area contributed by atoms with Crippen molar-refractivity contribution in [1.29, 1.82) is 0 Å². The molecule has 2 fully saturated rings. The molecule has 0 bridgehead atoms. The molecule has 0 aromatic carbocycles. The first-order valence-electron chi connectivity index (χ1n) is 10.2. The highest BCUT2D eigenvalue weighted by molar-refractivity contribution is 5.80. The molecule has 8 heteroatoms. The molecule has 8 nitrogen and oxygen atoms in total. The topological polar surface area (TPSA) is 75.4 Å². The molecule has 1 atom stereocenters. The molecule has 3 rings (SSSR count). The van der Waals surface area contributed by atoms with Crippen molar-refractivity contribution in [3.05, 3.63) is 18.0 Å². The first-order valence-corrected chi connectivity index (χ1v) is 10.2. The normalized spacial score (nSPS) is 21.7. The number of aliphatic imine (C=N–C) groups is 1. The molecule has 2 aliphatic rings. The molecule has 27 heavy (non-hydrogen) atoms. The van der Waals surface area contributed by atoms with E-state index in [4.69, 9.17) is 19.0 Å². The minimum Gasteiger partial charge on any atom is -0.381 e. The second kappa shape index (κ2) is 11.3. The molecular weight excluding hydrogens is 346 g/mol. The molecular formula is C19H33N5O3. The van der Waals surface area contributed by atoms with Crippen LogP contribution in [0.4, 0.5) is 0 Å². The summed E-state index contributed by atoms with van der Waals surface area (Å²) in [5.41, 5.74) is 0.994. The van der Waals surface area contributed by atoms with E-state index in [2.05, 4.69) is 27.2 Å². The fourth-order valence-electron chi connectivity index (χ4n) is 3.41. The summed E-state index contributed by atoms with van der Waals surface area (Å²) in [5, 5.41) is 7.42. The number of hydrogen-bond acceptors (Lipinski definition) is 6. The van der Waals surface area contributed by atoms with E-state index in [1.54, 1.807) is 6.26 Å². The van der Waals surface area contributed by atoms with E-state index in [-0.39, 0.29) is 0 Å². The zero-order valence-corrected chi connectivity index (χ0v) is 16.4. The number of hydrogen-bond donors (Lipinski definition) is 1. The van der Waals surface area contributed by atoms with Crippen LogP contribution in [0.2, 0.25) is 0 Å². The number of nitrogens with one attached hydrogen (secondary N) is 1. The van der Waals surface area contributed by atoms with Crippen molar-refractivity contribution in [2.75, 3.05) is 65.7 Å². The van der Waals surface area contributed by atoms with Gasteiger partial charge in [-0.25, -0.2) is 0 Å². The Morgan fingerprint density at radius 1 is 1.37 bits per heavy atom. The van der Waals surface area contributed by atoms with E-state index in [0.29, 0.717) is 5.92 Å². The standard InChI is InChI=1S/C19H33N5O3/c1-2-20-19(21-6-3-11-25-15-17-4-12-26-16-17)24-9-7-23(8-10-24)14-18-5-13-27-22-18/h5,13,17H,2-4,6-12,14-16H2,1H3,(H,20,21). The zero-order chi connectivity index (χ0) is 18.7. The highest BCUT2D eigenvalue weighted by Crippen LogP contribution is 2.12. The van der Waals surface area contributed by atoms with Crippen LogP contribution in [0.5, 0.6) is 0 Å². The molecule has 0 spiro atoms. The summed E-state index contributed by atoms with van der Waals surface area (Å²) in [4.78, 5) is 9.54. The van der Waals surface area contributed by atoms with Crippen LogP contribution in [0.1, 0.15) is 25.5 Å². The molecule has 152 valence electrons. The first-order chi connectivity index (χ1) is 13.3. The van der Waals surface area contributed by atoms with Gasteiger partial charge in [-0.15, -0.1) is 0 Å². The van der Waals surface area contributed by atoms with Crippen molar-refractivity contribution in [2.45, 2.75) is 26.3 Å². The van der Waals surface area contributed by atoms with Gasteiger partial charge in [0.1, 0.15) is 6.26 Å². The fraction of sp³-hybridized carbons (Fsp3) is 0.789. The summed E-state index contributed by atoms with van der Waals surface area (Å²) in [6.45, 7) is 11.9. The van der Waals surface area contributed by atoms with E-state index >= 15 is 0 Å². The third kappa shape index (κ3) is 6.79. The molecule has 1 unspecified atom stereocenters.